The van der Waals surface area contributed by atoms with Gasteiger partial charge in [-0.3, -0.25) is 0 Å². The number of sulfone groups is 1. The van der Waals surface area contributed by atoms with Crippen molar-refractivity contribution in [3.05, 3.63) is 0 Å². The fourth-order valence-electron chi connectivity index (χ4n) is 1.97. The molecular formula is C11H21NO4S. The summed E-state index contributed by atoms with van der Waals surface area (Å²) >= 11 is 0. The molecular weight excluding hydrogens is 242 g/mol. The Bertz CT molecular complexity index is 339. The highest BCUT2D eigenvalue weighted by atomic mass is 32.2. The van der Waals surface area contributed by atoms with E-state index < -0.39 is 15.9 Å². The van der Waals surface area contributed by atoms with Crippen LogP contribution in [0.2, 0.25) is 0 Å². The van der Waals surface area contributed by atoms with Crippen molar-refractivity contribution in [1.29, 1.82) is 0 Å². The zero-order chi connectivity index (χ0) is 12.3. The van der Waals surface area contributed by atoms with Crippen molar-refractivity contribution in [1.82, 2.24) is 5.32 Å². The molecule has 0 aromatic heterocycles. The van der Waals surface area contributed by atoms with E-state index in [-0.39, 0.29) is 17.5 Å². The van der Waals surface area contributed by atoms with E-state index >= 15 is 0 Å². The maximum absolute atomic E-state index is 11.2. The molecule has 1 saturated heterocycles. The Hall–Kier alpha value is -0.170. The van der Waals surface area contributed by atoms with E-state index in [1.54, 1.807) is 0 Å². The van der Waals surface area contributed by atoms with Crippen molar-refractivity contribution in [2.75, 3.05) is 31.3 Å². The fraction of sp³-hybridized carbons (Fsp3) is 1.00. The van der Waals surface area contributed by atoms with E-state index in [1.807, 2.05) is 0 Å². The Balaban J connectivity index is 1.54. The van der Waals surface area contributed by atoms with Crippen molar-refractivity contribution in [3.63, 3.8) is 0 Å². The monoisotopic (exact) mass is 263 g/mol. The van der Waals surface area contributed by atoms with Gasteiger partial charge >= 0.3 is 0 Å². The van der Waals surface area contributed by atoms with Gasteiger partial charge in [-0.25, -0.2) is 8.42 Å². The Kier molecular flexibility index (Phi) is 4.41. The van der Waals surface area contributed by atoms with Crippen LogP contribution < -0.4 is 5.32 Å². The standard InChI is InChI=1S/C11H21NO4S/c13-11(7-16-6-9-1-2-9)5-12-10-3-4-17(14,15)8-10/h9-13H,1-8H2. The number of aliphatic hydroxyl groups is 1. The smallest absolute Gasteiger partial charge is 0.151 e. The van der Waals surface area contributed by atoms with E-state index in [9.17, 15) is 13.5 Å². The maximum Gasteiger partial charge on any atom is 0.151 e. The Morgan fingerprint density at radius 1 is 1.35 bits per heavy atom. The van der Waals surface area contributed by atoms with Gasteiger partial charge in [0, 0.05) is 19.2 Å². The Morgan fingerprint density at radius 3 is 2.71 bits per heavy atom. The lowest BCUT2D eigenvalue weighted by molar-refractivity contribution is 0.0316. The zero-order valence-electron chi connectivity index (χ0n) is 9.97. The number of ether oxygens (including phenoxy) is 1. The van der Waals surface area contributed by atoms with Crippen LogP contribution in [0.15, 0.2) is 0 Å². The third kappa shape index (κ3) is 4.91. The molecule has 2 aliphatic rings. The molecule has 1 aliphatic carbocycles. The van der Waals surface area contributed by atoms with E-state index in [0.29, 0.717) is 25.5 Å². The van der Waals surface area contributed by atoms with Crippen LogP contribution in [0.3, 0.4) is 0 Å². The van der Waals surface area contributed by atoms with E-state index in [0.717, 1.165) is 6.61 Å². The van der Waals surface area contributed by atoms with Gasteiger partial charge < -0.3 is 15.2 Å². The van der Waals surface area contributed by atoms with Crippen molar-refractivity contribution in [2.45, 2.75) is 31.4 Å². The van der Waals surface area contributed by atoms with Gasteiger partial charge in [0.05, 0.1) is 24.2 Å². The number of hydrogen-bond acceptors (Lipinski definition) is 5. The lowest BCUT2D eigenvalue weighted by Crippen LogP contribution is -2.38. The summed E-state index contributed by atoms with van der Waals surface area (Å²) < 4.78 is 27.8. The second-order valence-electron chi connectivity index (χ2n) is 5.14. The van der Waals surface area contributed by atoms with Gasteiger partial charge in [-0.05, 0) is 25.2 Å². The van der Waals surface area contributed by atoms with Crippen molar-refractivity contribution < 1.29 is 18.3 Å². The summed E-state index contributed by atoms with van der Waals surface area (Å²) in [5.41, 5.74) is 0. The quantitative estimate of drug-likeness (QED) is 0.651. The van der Waals surface area contributed by atoms with Crippen LogP contribution in [0.4, 0.5) is 0 Å². The van der Waals surface area contributed by atoms with Crippen molar-refractivity contribution in [2.24, 2.45) is 5.92 Å². The van der Waals surface area contributed by atoms with Gasteiger partial charge in [-0.2, -0.15) is 0 Å². The first-order chi connectivity index (χ1) is 8.05. The summed E-state index contributed by atoms with van der Waals surface area (Å²) in [7, 11) is -2.84. The average molecular weight is 263 g/mol. The van der Waals surface area contributed by atoms with Gasteiger partial charge in [0.15, 0.2) is 9.84 Å². The highest BCUT2D eigenvalue weighted by Gasteiger charge is 2.27. The summed E-state index contributed by atoms with van der Waals surface area (Å²) in [5, 5.41) is 12.7. The third-order valence-electron chi connectivity index (χ3n) is 3.24. The molecule has 1 heterocycles. The lowest BCUT2D eigenvalue weighted by atomic mass is 10.2. The van der Waals surface area contributed by atoms with Gasteiger partial charge in [-0.1, -0.05) is 0 Å². The first-order valence-corrected chi connectivity index (χ1v) is 8.07. The minimum Gasteiger partial charge on any atom is -0.389 e. The van der Waals surface area contributed by atoms with E-state index in [2.05, 4.69) is 5.32 Å². The largest absolute Gasteiger partial charge is 0.389 e. The van der Waals surface area contributed by atoms with Crippen LogP contribution in [0.25, 0.3) is 0 Å². The SMILES string of the molecule is O=S1(=O)CCC(NCC(O)COCC2CC2)C1. The average Bonchev–Trinajstić information content (AvgIpc) is 3.00. The van der Waals surface area contributed by atoms with E-state index in [4.69, 9.17) is 4.74 Å². The van der Waals surface area contributed by atoms with Crippen molar-refractivity contribution >= 4 is 9.84 Å². The molecule has 0 amide bonds. The topological polar surface area (TPSA) is 75.6 Å². The Labute approximate surface area is 102 Å². The minimum atomic E-state index is -2.84. The Morgan fingerprint density at radius 2 is 2.12 bits per heavy atom. The predicted molar refractivity (Wildman–Crippen MR) is 64.6 cm³/mol. The molecule has 0 bridgehead atoms. The molecule has 2 unspecified atom stereocenters. The minimum absolute atomic E-state index is 0.00178. The summed E-state index contributed by atoms with van der Waals surface area (Å²) in [6.07, 6.45) is 2.60. The number of nitrogens with one attached hydrogen (secondary N) is 1. The highest BCUT2D eigenvalue weighted by molar-refractivity contribution is 7.91. The van der Waals surface area contributed by atoms with Crippen molar-refractivity contribution in [3.8, 4) is 0 Å². The van der Waals surface area contributed by atoms with Crippen LogP contribution in [-0.2, 0) is 14.6 Å². The normalized spacial score (nSPS) is 29.4. The molecule has 0 aromatic rings. The molecule has 5 nitrogen and oxygen atoms in total. The second kappa shape index (κ2) is 5.65. The number of hydrogen-bond donors (Lipinski definition) is 2. The summed E-state index contributed by atoms with van der Waals surface area (Å²) in [5.74, 6) is 1.16. The second-order valence-corrected chi connectivity index (χ2v) is 7.37. The summed E-state index contributed by atoms with van der Waals surface area (Å²) in [6.45, 7) is 1.49. The van der Waals surface area contributed by atoms with E-state index in [1.165, 1.54) is 12.8 Å². The van der Waals surface area contributed by atoms with Gasteiger partial charge in [0.1, 0.15) is 0 Å². The molecule has 6 heteroatoms. The molecule has 0 spiro atoms. The molecule has 0 radical (unpaired) electrons. The molecule has 100 valence electrons. The molecule has 2 N–H and O–H groups in total. The summed E-state index contributed by atoms with van der Waals surface area (Å²) in [6, 6.07) is -0.00178. The molecule has 2 atom stereocenters. The first-order valence-electron chi connectivity index (χ1n) is 6.25. The number of aliphatic hydroxyl groups excluding tert-OH is 1. The van der Waals surface area contributed by atoms with Crippen LogP contribution in [0.1, 0.15) is 19.3 Å². The molecule has 0 aromatic carbocycles. The fourth-order valence-corrected chi connectivity index (χ4v) is 3.68. The molecule has 17 heavy (non-hydrogen) atoms. The molecule has 2 rings (SSSR count). The first kappa shape index (κ1) is 13.3. The van der Waals surface area contributed by atoms with Gasteiger partial charge in [0.2, 0.25) is 0 Å². The van der Waals surface area contributed by atoms with Crippen LogP contribution >= 0.6 is 0 Å². The summed E-state index contributed by atoms with van der Waals surface area (Å²) in [4.78, 5) is 0. The van der Waals surface area contributed by atoms with Gasteiger partial charge in [0.25, 0.3) is 0 Å². The molecule has 1 saturated carbocycles. The van der Waals surface area contributed by atoms with Crippen LogP contribution in [0, 0.1) is 5.92 Å². The number of rotatable bonds is 7. The molecule has 2 fully saturated rings. The third-order valence-corrected chi connectivity index (χ3v) is 5.00. The predicted octanol–water partition coefficient (Wildman–Crippen LogP) is -0.449. The maximum atomic E-state index is 11.2. The van der Waals surface area contributed by atoms with Crippen LogP contribution in [-0.4, -0.2) is 56.9 Å². The highest BCUT2D eigenvalue weighted by Crippen LogP contribution is 2.28. The van der Waals surface area contributed by atoms with Crippen LogP contribution in [0.5, 0.6) is 0 Å². The zero-order valence-corrected chi connectivity index (χ0v) is 10.8. The lowest BCUT2D eigenvalue weighted by Gasteiger charge is -2.15. The molecule has 1 aliphatic heterocycles. The van der Waals surface area contributed by atoms with Gasteiger partial charge in [-0.15, -0.1) is 0 Å².